The molecule has 106 valence electrons. The lowest BCUT2D eigenvalue weighted by atomic mass is 10.0. The van der Waals surface area contributed by atoms with E-state index in [0.29, 0.717) is 0 Å². The number of rotatable bonds is 14. The van der Waals surface area contributed by atoms with Crippen LogP contribution in [0.2, 0.25) is 0 Å². The summed E-state index contributed by atoms with van der Waals surface area (Å²) in [5, 5.41) is 8.41. The van der Waals surface area contributed by atoms with Crippen molar-refractivity contribution < 1.29 is 0 Å². The number of hydrogen-bond donors (Lipinski definition) is 0. The number of unbranched alkanes of at least 4 members (excludes halogenated alkanes) is 14. The standard InChI is InChI=1S/C17H33N/c1-2-3-4-5-6-7-8-9-10-11-12-13-14-15-16-17-18/h2-16H2,1H3. The first-order valence-corrected chi connectivity index (χ1v) is 8.28. The average molecular weight is 251 g/mol. The third kappa shape index (κ3) is 15.5. The number of nitrogens with zero attached hydrogens (tertiary/aromatic N) is 1. The van der Waals surface area contributed by atoms with Gasteiger partial charge in [0.25, 0.3) is 0 Å². The van der Waals surface area contributed by atoms with Crippen molar-refractivity contribution in [1.82, 2.24) is 0 Å². The Morgan fingerprint density at radius 3 is 1.22 bits per heavy atom. The van der Waals surface area contributed by atoms with Crippen molar-refractivity contribution in [2.45, 2.75) is 103 Å². The van der Waals surface area contributed by atoms with Gasteiger partial charge in [0.1, 0.15) is 0 Å². The summed E-state index contributed by atoms with van der Waals surface area (Å²) in [5.41, 5.74) is 0. The molecule has 0 atom stereocenters. The zero-order valence-corrected chi connectivity index (χ0v) is 12.6. The largest absolute Gasteiger partial charge is 0.198 e. The van der Waals surface area contributed by atoms with E-state index in [0.717, 1.165) is 12.8 Å². The van der Waals surface area contributed by atoms with Crippen molar-refractivity contribution in [3.63, 3.8) is 0 Å². The first kappa shape index (κ1) is 17.5. The van der Waals surface area contributed by atoms with E-state index in [-0.39, 0.29) is 0 Å². The molecule has 0 N–H and O–H groups in total. The van der Waals surface area contributed by atoms with Crippen LogP contribution in [0, 0.1) is 11.3 Å². The van der Waals surface area contributed by atoms with Crippen LogP contribution < -0.4 is 0 Å². The lowest BCUT2D eigenvalue weighted by Crippen LogP contribution is -1.83. The lowest BCUT2D eigenvalue weighted by molar-refractivity contribution is 0.536. The fourth-order valence-electron chi connectivity index (χ4n) is 2.40. The van der Waals surface area contributed by atoms with Gasteiger partial charge in [0.05, 0.1) is 6.07 Å². The Balaban J connectivity index is 2.89. The van der Waals surface area contributed by atoms with Gasteiger partial charge in [-0.25, -0.2) is 0 Å². The molecule has 0 fully saturated rings. The molecule has 18 heavy (non-hydrogen) atoms. The lowest BCUT2D eigenvalue weighted by Gasteiger charge is -2.02. The summed E-state index contributed by atoms with van der Waals surface area (Å²) in [4.78, 5) is 0. The molecule has 0 heterocycles. The topological polar surface area (TPSA) is 23.8 Å². The molecule has 0 rings (SSSR count). The maximum Gasteiger partial charge on any atom is 0.0621 e. The van der Waals surface area contributed by atoms with E-state index in [9.17, 15) is 0 Å². The predicted octanol–water partition coefficient (Wildman–Crippen LogP) is 6.38. The highest BCUT2D eigenvalue weighted by atomic mass is 14.2. The summed E-state index contributed by atoms with van der Waals surface area (Å²) < 4.78 is 0. The second-order valence-corrected chi connectivity index (χ2v) is 5.50. The second kappa shape index (κ2) is 16.5. The van der Waals surface area contributed by atoms with Crippen LogP contribution in [0.1, 0.15) is 103 Å². The van der Waals surface area contributed by atoms with E-state index in [4.69, 9.17) is 5.26 Å². The van der Waals surface area contributed by atoms with Gasteiger partial charge in [-0.1, -0.05) is 90.4 Å². The summed E-state index contributed by atoms with van der Waals surface area (Å²) in [6.45, 7) is 2.28. The van der Waals surface area contributed by atoms with Crippen LogP contribution in [0.15, 0.2) is 0 Å². The van der Waals surface area contributed by atoms with Crippen LogP contribution in [0.25, 0.3) is 0 Å². The van der Waals surface area contributed by atoms with E-state index < -0.39 is 0 Å². The van der Waals surface area contributed by atoms with E-state index in [1.807, 2.05) is 0 Å². The van der Waals surface area contributed by atoms with Crippen LogP contribution in [-0.4, -0.2) is 0 Å². The molecule has 0 unspecified atom stereocenters. The second-order valence-electron chi connectivity index (χ2n) is 5.50. The van der Waals surface area contributed by atoms with Crippen molar-refractivity contribution in [2.24, 2.45) is 0 Å². The summed E-state index contributed by atoms with van der Waals surface area (Å²) in [6, 6.07) is 2.21. The Kier molecular flexibility index (Phi) is 16.0. The zero-order chi connectivity index (χ0) is 13.3. The highest BCUT2D eigenvalue weighted by Gasteiger charge is 1.93. The van der Waals surface area contributed by atoms with E-state index in [1.54, 1.807) is 0 Å². The zero-order valence-electron chi connectivity index (χ0n) is 12.6. The van der Waals surface area contributed by atoms with Crippen molar-refractivity contribution in [3.05, 3.63) is 0 Å². The minimum absolute atomic E-state index is 0.748. The molecule has 0 aliphatic carbocycles. The SMILES string of the molecule is CCCCCCCCCCCCCCCCC#N. The van der Waals surface area contributed by atoms with Gasteiger partial charge in [0.15, 0.2) is 0 Å². The van der Waals surface area contributed by atoms with Crippen molar-refractivity contribution in [2.75, 3.05) is 0 Å². The Bertz CT molecular complexity index is 181. The summed E-state index contributed by atoms with van der Waals surface area (Å²) in [6.07, 6.45) is 20.1. The molecule has 0 aliphatic heterocycles. The molecule has 0 aromatic carbocycles. The van der Waals surface area contributed by atoms with Gasteiger partial charge in [-0.15, -0.1) is 0 Å². The van der Waals surface area contributed by atoms with Crippen LogP contribution >= 0.6 is 0 Å². The minimum atomic E-state index is 0.748. The molecule has 0 aliphatic rings. The average Bonchev–Trinajstić information content (AvgIpc) is 2.39. The van der Waals surface area contributed by atoms with E-state index in [2.05, 4.69) is 13.0 Å². The molecule has 0 bridgehead atoms. The first-order valence-electron chi connectivity index (χ1n) is 8.28. The Hall–Kier alpha value is -0.510. The van der Waals surface area contributed by atoms with Gasteiger partial charge in [0, 0.05) is 6.42 Å². The minimum Gasteiger partial charge on any atom is -0.198 e. The van der Waals surface area contributed by atoms with E-state index >= 15 is 0 Å². The summed E-state index contributed by atoms with van der Waals surface area (Å²) in [5.74, 6) is 0. The van der Waals surface area contributed by atoms with Gasteiger partial charge >= 0.3 is 0 Å². The quantitative estimate of drug-likeness (QED) is 0.328. The predicted molar refractivity (Wildman–Crippen MR) is 80.5 cm³/mol. The molecule has 0 saturated carbocycles. The molecule has 0 radical (unpaired) electrons. The molecule has 0 amide bonds. The molecule has 0 spiro atoms. The number of nitriles is 1. The van der Waals surface area contributed by atoms with Crippen molar-refractivity contribution >= 4 is 0 Å². The van der Waals surface area contributed by atoms with Crippen molar-refractivity contribution in [1.29, 1.82) is 5.26 Å². The molecule has 0 aromatic heterocycles. The fraction of sp³-hybridized carbons (Fsp3) is 0.941. The Morgan fingerprint density at radius 2 is 0.889 bits per heavy atom. The van der Waals surface area contributed by atoms with Gasteiger partial charge in [-0.05, 0) is 6.42 Å². The van der Waals surface area contributed by atoms with E-state index in [1.165, 1.54) is 83.5 Å². The summed E-state index contributed by atoms with van der Waals surface area (Å²) in [7, 11) is 0. The van der Waals surface area contributed by atoms with Gasteiger partial charge in [-0.2, -0.15) is 5.26 Å². The van der Waals surface area contributed by atoms with Crippen molar-refractivity contribution in [3.8, 4) is 6.07 Å². The molecule has 1 nitrogen and oxygen atoms in total. The van der Waals surface area contributed by atoms with Crippen LogP contribution in [-0.2, 0) is 0 Å². The molecule has 0 saturated heterocycles. The third-order valence-electron chi connectivity index (χ3n) is 3.64. The van der Waals surface area contributed by atoms with Crippen LogP contribution in [0.3, 0.4) is 0 Å². The third-order valence-corrected chi connectivity index (χ3v) is 3.64. The Morgan fingerprint density at radius 1 is 0.556 bits per heavy atom. The number of hydrogen-bond acceptors (Lipinski definition) is 1. The maximum absolute atomic E-state index is 8.41. The van der Waals surface area contributed by atoms with Gasteiger partial charge < -0.3 is 0 Å². The molecule has 1 heteroatoms. The first-order chi connectivity index (χ1) is 8.91. The van der Waals surface area contributed by atoms with Crippen LogP contribution in [0.5, 0.6) is 0 Å². The molecular formula is C17H33N. The normalized spacial score (nSPS) is 10.4. The highest BCUT2D eigenvalue weighted by molar-refractivity contribution is 4.67. The van der Waals surface area contributed by atoms with Gasteiger partial charge in [0.2, 0.25) is 0 Å². The summed E-state index contributed by atoms with van der Waals surface area (Å²) >= 11 is 0. The monoisotopic (exact) mass is 251 g/mol. The van der Waals surface area contributed by atoms with Crippen LogP contribution in [0.4, 0.5) is 0 Å². The Labute approximate surface area is 115 Å². The molecule has 0 aromatic rings. The maximum atomic E-state index is 8.41. The smallest absolute Gasteiger partial charge is 0.0621 e. The highest BCUT2D eigenvalue weighted by Crippen LogP contribution is 2.13. The van der Waals surface area contributed by atoms with Gasteiger partial charge in [-0.3, -0.25) is 0 Å². The fourth-order valence-corrected chi connectivity index (χ4v) is 2.40. The molecular weight excluding hydrogens is 218 g/mol.